The molecule has 2 aromatic rings. The fourth-order valence-corrected chi connectivity index (χ4v) is 2.78. The molecular formula is C14H11NO5S. The Hall–Kier alpha value is -2.38. The topological polar surface area (TPSA) is 101 Å². The van der Waals surface area contributed by atoms with Crippen LogP contribution in [-0.4, -0.2) is 21.1 Å². The average molecular weight is 305 g/mol. The Kier molecular flexibility index (Phi) is 4.56. The first-order valence-electron chi connectivity index (χ1n) is 5.91. The van der Waals surface area contributed by atoms with Gasteiger partial charge in [-0.05, 0) is 17.7 Å². The van der Waals surface area contributed by atoms with E-state index in [0.29, 0.717) is 15.4 Å². The molecule has 108 valence electrons. The largest absolute Gasteiger partial charge is 0.478 e. The first-order valence-corrected chi connectivity index (χ1v) is 6.73. The van der Waals surface area contributed by atoms with Crippen molar-refractivity contribution in [3.05, 3.63) is 63.7 Å². The minimum atomic E-state index is -1.23. The van der Waals surface area contributed by atoms with Gasteiger partial charge in [-0.1, -0.05) is 30.0 Å². The maximum atomic E-state index is 11.3. The fraction of sp³-hybridized carbons (Fsp3) is 0.0714. The maximum Gasteiger partial charge on any atom is 0.337 e. The second kappa shape index (κ2) is 6.38. The van der Waals surface area contributed by atoms with E-state index in [-0.39, 0.29) is 17.9 Å². The van der Waals surface area contributed by atoms with Crippen molar-refractivity contribution in [2.75, 3.05) is 0 Å². The van der Waals surface area contributed by atoms with E-state index in [1.807, 2.05) is 0 Å². The van der Waals surface area contributed by atoms with Crippen molar-refractivity contribution in [1.82, 2.24) is 0 Å². The molecule has 6 nitrogen and oxygen atoms in total. The molecule has 0 spiro atoms. The van der Waals surface area contributed by atoms with Crippen molar-refractivity contribution < 1.29 is 19.9 Å². The first-order chi connectivity index (χ1) is 10.0. The summed E-state index contributed by atoms with van der Waals surface area (Å²) >= 11 is 1.15. The SMILES string of the molecule is O=C(O)c1cc([N+](=O)[O-])ccc1Sc1ccccc1CO. The van der Waals surface area contributed by atoms with E-state index < -0.39 is 10.9 Å². The van der Waals surface area contributed by atoms with Crippen LogP contribution in [0.25, 0.3) is 0 Å². The molecule has 0 aromatic heterocycles. The van der Waals surface area contributed by atoms with E-state index in [1.165, 1.54) is 12.1 Å². The Morgan fingerprint density at radius 3 is 2.52 bits per heavy atom. The summed E-state index contributed by atoms with van der Waals surface area (Å²) in [6.07, 6.45) is 0. The number of carbonyl (C=O) groups is 1. The van der Waals surface area contributed by atoms with Gasteiger partial charge in [0.2, 0.25) is 0 Å². The van der Waals surface area contributed by atoms with Crippen LogP contribution in [0.15, 0.2) is 52.3 Å². The van der Waals surface area contributed by atoms with Gasteiger partial charge in [0.05, 0.1) is 17.1 Å². The van der Waals surface area contributed by atoms with E-state index in [2.05, 4.69) is 0 Å². The van der Waals surface area contributed by atoms with Gasteiger partial charge in [0.1, 0.15) is 0 Å². The second-order valence-corrected chi connectivity index (χ2v) is 5.19. The molecule has 2 aromatic carbocycles. The van der Waals surface area contributed by atoms with Gasteiger partial charge in [0, 0.05) is 21.9 Å². The molecule has 0 fully saturated rings. The number of nitrogens with zero attached hydrogens (tertiary/aromatic N) is 1. The molecule has 0 saturated carbocycles. The van der Waals surface area contributed by atoms with Crippen molar-refractivity contribution in [2.45, 2.75) is 16.4 Å². The van der Waals surface area contributed by atoms with Crippen LogP contribution in [0, 0.1) is 10.1 Å². The molecule has 0 amide bonds. The third-order valence-corrected chi connectivity index (χ3v) is 3.96. The van der Waals surface area contributed by atoms with Gasteiger partial charge in [-0.2, -0.15) is 0 Å². The van der Waals surface area contributed by atoms with Gasteiger partial charge < -0.3 is 10.2 Å². The summed E-state index contributed by atoms with van der Waals surface area (Å²) in [6, 6.07) is 10.7. The molecule has 0 heterocycles. The molecule has 21 heavy (non-hydrogen) atoms. The van der Waals surface area contributed by atoms with Crippen LogP contribution in [0.1, 0.15) is 15.9 Å². The predicted octanol–water partition coefficient (Wildman–Crippen LogP) is 2.94. The summed E-state index contributed by atoms with van der Waals surface area (Å²) < 4.78 is 0. The van der Waals surface area contributed by atoms with Crippen molar-refractivity contribution >= 4 is 23.4 Å². The minimum absolute atomic E-state index is 0.137. The van der Waals surface area contributed by atoms with Crippen LogP contribution in [0.2, 0.25) is 0 Å². The van der Waals surface area contributed by atoms with Crippen LogP contribution in [-0.2, 0) is 6.61 Å². The highest BCUT2D eigenvalue weighted by molar-refractivity contribution is 7.99. The van der Waals surface area contributed by atoms with Gasteiger partial charge in [-0.3, -0.25) is 10.1 Å². The van der Waals surface area contributed by atoms with E-state index in [4.69, 9.17) is 0 Å². The Labute approximate surface area is 124 Å². The third kappa shape index (κ3) is 3.39. The Bertz CT molecular complexity index is 702. The van der Waals surface area contributed by atoms with Crippen LogP contribution in [0.3, 0.4) is 0 Å². The van der Waals surface area contributed by atoms with E-state index in [0.717, 1.165) is 17.8 Å². The lowest BCUT2D eigenvalue weighted by Gasteiger charge is -2.09. The zero-order chi connectivity index (χ0) is 15.4. The zero-order valence-electron chi connectivity index (χ0n) is 10.7. The number of carboxylic acid groups (broad SMARTS) is 1. The Morgan fingerprint density at radius 2 is 1.90 bits per heavy atom. The molecule has 0 radical (unpaired) electrons. The van der Waals surface area contributed by atoms with Gasteiger partial charge in [-0.25, -0.2) is 4.79 Å². The minimum Gasteiger partial charge on any atom is -0.478 e. The quantitative estimate of drug-likeness (QED) is 0.650. The van der Waals surface area contributed by atoms with Crippen molar-refractivity contribution in [3.63, 3.8) is 0 Å². The maximum absolute atomic E-state index is 11.3. The number of rotatable bonds is 5. The number of aromatic carboxylic acids is 1. The normalized spacial score (nSPS) is 10.3. The standard InChI is InChI=1S/C14H11NO5S/c16-8-9-3-1-2-4-12(9)21-13-6-5-10(15(19)20)7-11(13)14(17)18/h1-7,16H,8H2,(H,17,18). The number of carboxylic acids is 1. The van der Waals surface area contributed by atoms with E-state index in [1.54, 1.807) is 24.3 Å². The lowest BCUT2D eigenvalue weighted by molar-refractivity contribution is -0.384. The van der Waals surface area contributed by atoms with E-state index >= 15 is 0 Å². The summed E-state index contributed by atoms with van der Waals surface area (Å²) in [5.41, 5.74) is 0.256. The molecule has 0 unspecified atom stereocenters. The summed E-state index contributed by atoms with van der Waals surface area (Å²) in [4.78, 5) is 22.4. The van der Waals surface area contributed by atoms with Gasteiger partial charge in [0.15, 0.2) is 0 Å². The summed E-state index contributed by atoms with van der Waals surface area (Å²) in [7, 11) is 0. The van der Waals surface area contributed by atoms with Gasteiger partial charge in [0.25, 0.3) is 5.69 Å². The lowest BCUT2D eigenvalue weighted by Crippen LogP contribution is -2.01. The zero-order valence-corrected chi connectivity index (χ0v) is 11.5. The van der Waals surface area contributed by atoms with Crippen LogP contribution >= 0.6 is 11.8 Å². The molecular weight excluding hydrogens is 294 g/mol. The predicted molar refractivity (Wildman–Crippen MR) is 76.5 cm³/mol. The van der Waals surface area contributed by atoms with Gasteiger partial charge in [-0.15, -0.1) is 0 Å². The number of hydrogen-bond acceptors (Lipinski definition) is 5. The molecule has 0 aliphatic rings. The number of nitro benzene ring substituents is 1. The van der Waals surface area contributed by atoms with Crippen molar-refractivity contribution in [2.24, 2.45) is 0 Å². The molecule has 0 aliphatic heterocycles. The monoisotopic (exact) mass is 305 g/mol. The number of non-ortho nitro benzene ring substituents is 1. The number of aliphatic hydroxyl groups excluding tert-OH is 1. The number of hydrogen-bond donors (Lipinski definition) is 2. The van der Waals surface area contributed by atoms with Crippen molar-refractivity contribution in [1.29, 1.82) is 0 Å². The molecule has 2 rings (SSSR count). The lowest BCUT2D eigenvalue weighted by atomic mass is 10.2. The highest BCUT2D eigenvalue weighted by atomic mass is 32.2. The highest BCUT2D eigenvalue weighted by Crippen LogP contribution is 2.34. The molecule has 0 atom stereocenters. The fourth-order valence-electron chi connectivity index (χ4n) is 1.74. The number of aliphatic hydroxyl groups is 1. The van der Waals surface area contributed by atoms with Crippen LogP contribution in [0.4, 0.5) is 5.69 Å². The Morgan fingerprint density at radius 1 is 1.19 bits per heavy atom. The smallest absolute Gasteiger partial charge is 0.337 e. The third-order valence-electron chi connectivity index (χ3n) is 2.77. The van der Waals surface area contributed by atoms with Crippen molar-refractivity contribution in [3.8, 4) is 0 Å². The van der Waals surface area contributed by atoms with Gasteiger partial charge >= 0.3 is 5.97 Å². The first kappa shape index (κ1) is 15.0. The summed E-state index contributed by atoms with van der Waals surface area (Å²) in [5, 5.41) is 29.2. The summed E-state index contributed by atoms with van der Waals surface area (Å²) in [6.45, 7) is -0.168. The van der Waals surface area contributed by atoms with E-state index in [9.17, 15) is 25.1 Å². The molecule has 0 bridgehead atoms. The van der Waals surface area contributed by atoms with Crippen LogP contribution in [0.5, 0.6) is 0 Å². The van der Waals surface area contributed by atoms with Crippen LogP contribution < -0.4 is 0 Å². The Balaban J connectivity index is 2.44. The molecule has 0 saturated heterocycles. The second-order valence-electron chi connectivity index (χ2n) is 4.11. The summed E-state index contributed by atoms with van der Waals surface area (Å²) in [5.74, 6) is -1.23. The molecule has 0 aliphatic carbocycles. The average Bonchev–Trinajstić information content (AvgIpc) is 2.47. The number of benzene rings is 2. The number of nitro groups is 1. The molecule has 2 N–H and O–H groups in total. The highest BCUT2D eigenvalue weighted by Gasteiger charge is 2.17. The molecule has 7 heteroatoms.